The zero-order chi connectivity index (χ0) is 30.6. The Labute approximate surface area is 253 Å². The first kappa shape index (κ1) is 27.3. The number of ketones is 2. The molecule has 1 saturated heterocycles. The van der Waals surface area contributed by atoms with Crippen molar-refractivity contribution in [3.05, 3.63) is 131 Å². The fourth-order valence-electron chi connectivity index (χ4n) is 7.21. The van der Waals surface area contributed by atoms with Crippen LogP contribution >= 0.6 is 0 Å². The molecule has 1 amide bonds. The van der Waals surface area contributed by atoms with Gasteiger partial charge in [-0.3, -0.25) is 19.2 Å². The summed E-state index contributed by atoms with van der Waals surface area (Å²) in [6.45, 7) is 1.30. The number of carbonyl (C=O) groups excluding carboxylic acids is 4. The second kappa shape index (κ2) is 10.3. The Morgan fingerprint density at radius 2 is 1.55 bits per heavy atom. The summed E-state index contributed by atoms with van der Waals surface area (Å²) in [6.07, 6.45) is 3.74. The Bertz CT molecular complexity index is 1880. The summed E-state index contributed by atoms with van der Waals surface area (Å²) in [6, 6.07) is 26.6. The Balaban J connectivity index is 1.49. The summed E-state index contributed by atoms with van der Waals surface area (Å²) < 4.78 is 10.8. The summed E-state index contributed by atoms with van der Waals surface area (Å²) in [4.78, 5) is 57.6. The number of nitrogens with zero attached hydrogens (tertiary/aromatic N) is 1. The van der Waals surface area contributed by atoms with Crippen LogP contribution in [0, 0.1) is 5.92 Å². The van der Waals surface area contributed by atoms with E-state index in [1.165, 1.54) is 14.0 Å². The second-order valence-electron chi connectivity index (χ2n) is 11.1. The van der Waals surface area contributed by atoms with Crippen molar-refractivity contribution in [3.63, 3.8) is 0 Å². The van der Waals surface area contributed by atoms with Crippen LogP contribution in [0.2, 0.25) is 0 Å². The number of hydrogen-bond donors (Lipinski definition) is 1. The zero-order valence-electron chi connectivity index (χ0n) is 24.0. The number of carbonyl (C=O) groups is 4. The van der Waals surface area contributed by atoms with Crippen LogP contribution in [-0.2, 0) is 15.0 Å². The number of methoxy groups -OCH3 is 1. The average molecular weight is 585 g/mol. The van der Waals surface area contributed by atoms with Crippen LogP contribution in [0.25, 0.3) is 6.08 Å². The maximum Gasteiger partial charge on any atom is 0.308 e. The molecule has 0 aliphatic carbocycles. The van der Waals surface area contributed by atoms with Crippen molar-refractivity contribution in [1.29, 1.82) is 0 Å². The number of esters is 1. The minimum absolute atomic E-state index is 0.289. The third-order valence-corrected chi connectivity index (χ3v) is 8.89. The summed E-state index contributed by atoms with van der Waals surface area (Å²) in [5, 5.41) is 3.05. The van der Waals surface area contributed by atoms with Gasteiger partial charge in [0.05, 0.1) is 24.6 Å². The molecule has 0 unspecified atom stereocenters. The van der Waals surface area contributed by atoms with E-state index >= 15 is 0 Å². The minimum Gasteiger partial charge on any atom is -0.496 e. The summed E-state index contributed by atoms with van der Waals surface area (Å²) >= 11 is 0. The molecule has 1 N–H and O–H groups in total. The molecule has 0 radical (unpaired) electrons. The van der Waals surface area contributed by atoms with Crippen LogP contribution in [0.4, 0.5) is 5.69 Å². The molecule has 4 atom stereocenters. The van der Waals surface area contributed by atoms with Crippen LogP contribution in [0.1, 0.15) is 50.4 Å². The van der Waals surface area contributed by atoms with Crippen LogP contribution in [0.5, 0.6) is 11.5 Å². The largest absolute Gasteiger partial charge is 0.496 e. The Hall–Kier alpha value is -5.50. The predicted octanol–water partition coefficient (Wildman–Crippen LogP) is 5.60. The van der Waals surface area contributed by atoms with Crippen molar-refractivity contribution in [2.45, 2.75) is 24.4 Å². The molecule has 3 heterocycles. The number of fused-ring (bicyclic) bond motifs is 6. The van der Waals surface area contributed by atoms with Crippen LogP contribution < -0.4 is 14.8 Å². The molecule has 3 aliphatic rings. The highest BCUT2D eigenvalue weighted by atomic mass is 16.5. The van der Waals surface area contributed by atoms with Crippen LogP contribution in [0.3, 0.4) is 0 Å². The summed E-state index contributed by atoms with van der Waals surface area (Å²) in [5.41, 5.74) is 2.19. The van der Waals surface area contributed by atoms with Gasteiger partial charge >= 0.3 is 5.97 Å². The summed E-state index contributed by atoms with van der Waals surface area (Å²) in [5.74, 6) is -2.00. The number of Topliss-reactive ketones (excluding diaryl/α,β-unsaturated/α-hetero) is 2. The third-order valence-electron chi connectivity index (χ3n) is 8.89. The molecule has 4 aromatic rings. The number of hydrogen-bond acceptors (Lipinski definition) is 7. The van der Waals surface area contributed by atoms with E-state index in [0.29, 0.717) is 28.3 Å². The molecule has 7 rings (SSSR count). The van der Waals surface area contributed by atoms with Gasteiger partial charge in [0.1, 0.15) is 23.0 Å². The number of rotatable bonds is 6. The number of para-hydroxylation sites is 2. The molecule has 44 heavy (non-hydrogen) atoms. The first-order valence-corrected chi connectivity index (χ1v) is 14.3. The second-order valence-corrected chi connectivity index (χ2v) is 11.1. The van der Waals surface area contributed by atoms with Gasteiger partial charge in [-0.15, -0.1) is 0 Å². The van der Waals surface area contributed by atoms with Crippen molar-refractivity contribution in [2.24, 2.45) is 5.92 Å². The van der Waals surface area contributed by atoms with Crippen molar-refractivity contribution in [3.8, 4) is 11.5 Å². The number of nitrogens with one attached hydrogen (secondary N) is 1. The van der Waals surface area contributed by atoms with Crippen molar-refractivity contribution in [2.75, 3.05) is 12.4 Å². The third kappa shape index (κ3) is 3.91. The zero-order valence-corrected chi connectivity index (χ0v) is 24.0. The van der Waals surface area contributed by atoms with Crippen molar-refractivity contribution < 1.29 is 28.7 Å². The molecular weight excluding hydrogens is 556 g/mol. The first-order valence-electron chi connectivity index (χ1n) is 14.3. The van der Waals surface area contributed by atoms with E-state index in [0.717, 1.165) is 11.1 Å². The average Bonchev–Trinajstić information content (AvgIpc) is 3.52. The molecule has 8 nitrogen and oxygen atoms in total. The van der Waals surface area contributed by atoms with E-state index in [-0.39, 0.29) is 23.0 Å². The lowest BCUT2D eigenvalue weighted by Gasteiger charge is -2.38. The number of benzene rings is 4. The lowest BCUT2D eigenvalue weighted by Crippen LogP contribution is -2.49. The minimum atomic E-state index is -1.45. The fourth-order valence-corrected chi connectivity index (χ4v) is 7.21. The topological polar surface area (TPSA) is 102 Å². The molecule has 3 aliphatic heterocycles. The Kier molecular flexibility index (Phi) is 6.43. The van der Waals surface area contributed by atoms with E-state index in [1.807, 2.05) is 65.7 Å². The number of ether oxygens (including phenoxy) is 2. The molecule has 0 saturated carbocycles. The highest BCUT2D eigenvalue weighted by Gasteiger charge is 2.70. The van der Waals surface area contributed by atoms with E-state index < -0.39 is 29.4 Å². The molecule has 1 fully saturated rings. The quantitative estimate of drug-likeness (QED) is 0.179. The SMILES string of the molecule is COc1ccccc1C(=O)[C@@H]1[C@@H](C(=O)c2ccc(OC(C)=O)cc2)N2C=Cc3ccccc3[C@@H]2[C@]12C(=O)Nc1ccccc12. The van der Waals surface area contributed by atoms with E-state index in [4.69, 9.17) is 9.47 Å². The molecule has 4 aromatic carbocycles. The summed E-state index contributed by atoms with van der Waals surface area (Å²) in [7, 11) is 1.49. The monoisotopic (exact) mass is 584 g/mol. The van der Waals surface area contributed by atoms with Gasteiger partial charge in [-0.1, -0.05) is 54.6 Å². The van der Waals surface area contributed by atoms with Gasteiger partial charge in [0.25, 0.3) is 0 Å². The predicted molar refractivity (Wildman–Crippen MR) is 163 cm³/mol. The molecule has 0 bridgehead atoms. The van der Waals surface area contributed by atoms with Crippen molar-refractivity contribution >= 4 is 35.2 Å². The van der Waals surface area contributed by atoms with Crippen LogP contribution in [-0.4, -0.2) is 41.5 Å². The van der Waals surface area contributed by atoms with Gasteiger partial charge in [-0.2, -0.15) is 0 Å². The first-order chi connectivity index (χ1) is 21.4. The normalized spacial score (nSPS) is 22.5. The fraction of sp³-hybridized carbons (Fsp3) is 0.167. The Morgan fingerprint density at radius 3 is 2.32 bits per heavy atom. The standard InChI is InChI=1S/C36H28N2O6/c1-21(39)44-24-17-15-23(16-18-24)32(40)31-30(33(41)26-11-5-8-14-29(26)43-2)36(27-12-6-7-13-28(27)37-35(36)42)34-25-10-4-3-9-22(25)19-20-38(31)34/h3-20,30-31,34H,1-2H3,(H,37,42)/t30-,31-,34+,36+/m0/s1. The maximum absolute atomic E-state index is 15.0. The number of anilines is 1. The molecular formula is C36H28N2O6. The molecule has 218 valence electrons. The van der Waals surface area contributed by atoms with Gasteiger partial charge in [0.15, 0.2) is 11.6 Å². The Morgan fingerprint density at radius 1 is 0.841 bits per heavy atom. The smallest absolute Gasteiger partial charge is 0.308 e. The lowest BCUT2D eigenvalue weighted by atomic mass is 9.62. The van der Waals surface area contributed by atoms with E-state index in [9.17, 15) is 19.2 Å². The molecule has 8 heteroatoms. The highest BCUT2D eigenvalue weighted by Crippen LogP contribution is 2.62. The maximum atomic E-state index is 15.0. The van der Waals surface area contributed by atoms with Gasteiger partial charge in [0, 0.05) is 24.4 Å². The van der Waals surface area contributed by atoms with Gasteiger partial charge in [0.2, 0.25) is 5.91 Å². The van der Waals surface area contributed by atoms with E-state index in [2.05, 4.69) is 5.32 Å². The van der Waals surface area contributed by atoms with Crippen LogP contribution in [0.15, 0.2) is 103 Å². The molecule has 1 spiro atoms. The van der Waals surface area contributed by atoms with Gasteiger partial charge in [-0.25, -0.2) is 0 Å². The van der Waals surface area contributed by atoms with Gasteiger partial charge < -0.3 is 19.7 Å². The molecule has 0 aromatic heterocycles. The number of amides is 1. The van der Waals surface area contributed by atoms with Gasteiger partial charge in [-0.05, 0) is 65.2 Å². The van der Waals surface area contributed by atoms with Crippen molar-refractivity contribution in [1.82, 2.24) is 4.90 Å². The highest BCUT2D eigenvalue weighted by molar-refractivity contribution is 6.17. The lowest BCUT2D eigenvalue weighted by molar-refractivity contribution is -0.131. The van der Waals surface area contributed by atoms with E-state index in [1.54, 1.807) is 48.5 Å².